The van der Waals surface area contributed by atoms with Crippen molar-refractivity contribution in [2.24, 2.45) is 5.73 Å². The normalized spacial score (nSPS) is 17.8. The number of nitrogens with zero attached hydrogens (tertiary/aromatic N) is 1. The molecule has 3 heteroatoms. The van der Waals surface area contributed by atoms with E-state index in [1.165, 1.54) is 11.1 Å². The molecule has 2 N–H and O–H groups in total. The molecule has 1 aromatic rings. The Hall–Kier alpha value is -0.930. The molecule has 2 nitrogen and oxygen atoms in total. The minimum atomic E-state index is 0.450. The van der Waals surface area contributed by atoms with Crippen LogP contribution in [0.15, 0.2) is 24.3 Å². The maximum absolute atomic E-state index is 5.60. The minimum absolute atomic E-state index is 0.450. The van der Waals surface area contributed by atoms with Crippen molar-refractivity contribution in [3.63, 3.8) is 0 Å². The molecule has 2 rings (SSSR count). The van der Waals surface area contributed by atoms with E-state index in [1.807, 2.05) is 0 Å². The lowest BCUT2D eigenvalue weighted by molar-refractivity contribution is 0.195. The van der Waals surface area contributed by atoms with Crippen LogP contribution in [-0.2, 0) is 13.0 Å². The summed E-state index contributed by atoms with van der Waals surface area (Å²) < 4.78 is 0. The monoisotopic (exact) mass is 234 g/mol. The van der Waals surface area contributed by atoms with Gasteiger partial charge in [-0.1, -0.05) is 36.5 Å². The Balaban J connectivity index is 2.05. The van der Waals surface area contributed by atoms with Crippen LogP contribution in [0.2, 0.25) is 0 Å². The smallest absolute Gasteiger partial charge is 0.0742 e. The van der Waals surface area contributed by atoms with Crippen LogP contribution in [0.1, 0.15) is 24.5 Å². The summed E-state index contributed by atoms with van der Waals surface area (Å²) in [5.74, 6) is 0. The van der Waals surface area contributed by atoms with Crippen molar-refractivity contribution in [1.82, 2.24) is 4.90 Å². The summed E-state index contributed by atoms with van der Waals surface area (Å²) in [6.45, 7) is 4.34. The first-order valence-electron chi connectivity index (χ1n) is 5.76. The zero-order chi connectivity index (χ0) is 11.5. The van der Waals surface area contributed by atoms with E-state index >= 15 is 0 Å². The molecule has 0 amide bonds. The lowest BCUT2D eigenvalue weighted by Crippen LogP contribution is -2.39. The van der Waals surface area contributed by atoms with E-state index in [1.54, 1.807) is 0 Å². The van der Waals surface area contributed by atoms with Crippen LogP contribution in [0.4, 0.5) is 0 Å². The highest BCUT2D eigenvalue weighted by molar-refractivity contribution is 7.80. The molecule has 1 heterocycles. The fraction of sp³-hybridized carbons (Fsp3) is 0.462. The summed E-state index contributed by atoms with van der Waals surface area (Å²) in [4.78, 5) is 3.08. The second-order valence-corrected chi connectivity index (χ2v) is 5.03. The average molecular weight is 234 g/mol. The summed E-state index contributed by atoms with van der Waals surface area (Å²) in [6, 6.07) is 9.12. The first kappa shape index (κ1) is 11.6. The molecule has 0 aliphatic carbocycles. The molecule has 86 valence electrons. The molecular formula is C13H18N2S. The van der Waals surface area contributed by atoms with Crippen molar-refractivity contribution in [3.8, 4) is 0 Å². The third-order valence-corrected chi connectivity index (χ3v) is 3.45. The van der Waals surface area contributed by atoms with Gasteiger partial charge in [0.15, 0.2) is 0 Å². The van der Waals surface area contributed by atoms with Gasteiger partial charge in [-0.05, 0) is 24.5 Å². The van der Waals surface area contributed by atoms with Gasteiger partial charge >= 0.3 is 0 Å². The van der Waals surface area contributed by atoms with E-state index in [0.717, 1.165) is 25.9 Å². The Morgan fingerprint density at radius 1 is 1.44 bits per heavy atom. The zero-order valence-electron chi connectivity index (χ0n) is 9.65. The van der Waals surface area contributed by atoms with E-state index in [-0.39, 0.29) is 0 Å². The van der Waals surface area contributed by atoms with Crippen molar-refractivity contribution in [3.05, 3.63) is 35.4 Å². The van der Waals surface area contributed by atoms with E-state index in [2.05, 4.69) is 36.1 Å². The van der Waals surface area contributed by atoms with Gasteiger partial charge in [0, 0.05) is 25.6 Å². The summed E-state index contributed by atoms with van der Waals surface area (Å²) in [6.07, 6.45) is 1.95. The fourth-order valence-electron chi connectivity index (χ4n) is 2.31. The highest BCUT2D eigenvalue weighted by Crippen LogP contribution is 2.20. The summed E-state index contributed by atoms with van der Waals surface area (Å²) >= 11 is 4.97. The van der Waals surface area contributed by atoms with Gasteiger partial charge in [-0.3, -0.25) is 4.90 Å². The van der Waals surface area contributed by atoms with Crippen molar-refractivity contribution in [2.45, 2.75) is 32.4 Å². The van der Waals surface area contributed by atoms with E-state index < -0.39 is 0 Å². The molecule has 1 unspecified atom stereocenters. The van der Waals surface area contributed by atoms with Gasteiger partial charge < -0.3 is 5.73 Å². The molecule has 1 atom stereocenters. The molecule has 0 radical (unpaired) electrons. The molecule has 0 saturated carbocycles. The van der Waals surface area contributed by atoms with Crippen LogP contribution >= 0.6 is 12.2 Å². The van der Waals surface area contributed by atoms with Gasteiger partial charge in [-0.2, -0.15) is 0 Å². The Labute approximate surface area is 102 Å². The molecule has 0 saturated heterocycles. The average Bonchev–Trinajstić information content (AvgIpc) is 2.27. The maximum atomic E-state index is 5.60. The van der Waals surface area contributed by atoms with Crippen LogP contribution in [0.5, 0.6) is 0 Å². The van der Waals surface area contributed by atoms with Crippen LogP contribution in [0.3, 0.4) is 0 Å². The van der Waals surface area contributed by atoms with Crippen LogP contribution in [0.25, 0.3) is 0 Å². The van der Waals surface area contributed by atoms with Crippen LogP contribution in [0, 0.1) is 0 Å². The lowest BCUT2D eigenvalue weighted by atomic mass is 9.98. The Morgan fingerprint density at radius 2 is 2.12 bits per heavy atom. The zero-order valence-corrected chi connectivity index (χ0v) is 10.5. The van der Waals surface area contributed by atoms with E-state index in [9.17, 15) is 0 Å². The standard InChI is InChI=1S/C13H18N2S/c1-10(8-13(14)16)15-7-6-11-4-2-3-5-12(11)9-15/h2-5,10H,6-9H2,1H3,(H2,14,16). The Morgan fingerprint density at radius 3 is 2.81 bits per heavy atom. The number of rotatable bonds is 3. The largest absolute Gasteiger partial charge is 0.393 e. The first-order valence-corrected chi connectivity index (χ1v) is 6.17. The first-order chi connectivity index (χ1) is 7.66. The van der Waals surface area contributed by atoms with Crippen molar-refractivity contribution >= 4 is 17.2 Å². The van der Waals surface area contributed by atoms with Crippen molar-refractivity contribution in [2.75, 3.05) is 6.54 Å². The molecule has 1 aromatic carbocycles. The summed E-state index contributed by atoms with van der Waals surface area (Å²) in [5.41, 5.74) is 8.53. The van der Waals surface area contributed by atoms with E-state index in [4.69, 9.17) is 18.0 Å². The summed E-state index contributed by atoms with van der Waals surface area (Å²) in [5, 5.41) is 0. The van der Waals surface area contributed by atoms with Crippen LogP contribution in [-0.4, -0.2) is 22.5 Å². The molecule has 0 spiro atoms. The number of hydrogen-bond donors (Lipinski definition) is 1. The summed E-state index contributed by atoms with van der Waals surface area (Å²) in [7, 11) is 0. The number of nitrogens with two attached hydrogens (primary N) is 1. The quantitative estimate of drug-likeness (QED) is 0.812. The molecule has 0 bridgehead atoms. The Bertz CT molecular complexity index is 389. The van der Waals surface area contributed by atoms with Crippen molar-refractivity contribution < 1.29 is 0 Å². The molecule has 16 heavy (non-hydrogen) atoms. The van der Waals surface area contributed by atoms with Gasteiger partial charge in [0.1, 0.15) is 0 Å². The SMILES string of the molecule is CC(CC(N)=S)N1CCc2ccccc2C1. The van der Waals surface area contributed by atoms with E-state index in [0.29, 0.717) is 11.0 Å². The van der Waals surface area contributed by atoms with Crippen LogP contribution < -0.4 is 5.73 Å². The predicted octanol–water partition coefficient (Wildman–Crippen LogP) is 2.11. The van der Waals surface area contributed by atoms with Gasteiger partial charge in [-0.15, -0.1) is 0 Å². The van der Waals surface area contributed by atoms with Gasteiger partial charge in [-0.25, -0.2) is 0 Å². The van der Waals surface area contributed by atoms with Gasteiger partial charge in [0.25, 0.3) is 0 Å². The van der Waals surface area contributed by atoms with Crippen molar-refractivity contribution in [1.29, 1.82) is 0 Å². The fourth-order valence-corrected chi connectivity index (χ4v) is 2.56. The van der Waals surface area contributed by atoms with Gasteiger partial charge in [0.2, 0.25) is 0 Å². The molecule has 1 aliphatic heterocycles. The molecular weight excluding hydrogens is 216 g/mol. The topological polar surface area (TPSA) is 29.3 Å². The molecule has 0 fully saturated rings. The third-order valence-electron chi connectivity index (χ3n) is 3.28. The lowest BCUT2D eigenvalue weighted by Gasteiger charge is -2.33. The highest BCUT2D eigenvalue weighted by atomic mass is 32.1. The number of benzene rings is 1. The molecule has 1 aliphatic rings. The number of thiocarbonyl (C=S) groups is 1. The second-order valence-electron chi connectivity index (χ2n) is 4.51. The maximum Gasteiger partial charge on any atom is 0.0742 e. The predicted molar refractivity (Wildman–Crippen MR) is 71.4 cm³/mol. The Kier molecular flexibility index (Phi) is 3.56. The third kappa shape index (κ3) is 2.60. The molecule has 0 aromatic heterocycles. The number of hydrogen-bond acceptors (Lipinski definition) is 2. The van der Waals surface area contributed by atoms with Gasteiger partial charge in [0.05, 0.1) is 4.99 Å². The highest BCUT2D eigenvalue weighted by Gasteiger charge is 2.20. The second kappa shape index (κ2) is 4.93. The minimum Gasteiger partial charge on any atom is -0.393 e. The number of fused-ring (bicyclic) bond motifs is 1.